The summed E-state index contributed by atoms with van der Waals surface area (Å²) in [4.78, 5) is 54.5. The predicted octanol–water partition coefficient (Wildman–Crippen LogP) is 2.28. The van der Waals surface area contributed by atoms with Gasteiger partial charge in [0.25, 0.3) is 5.91 Å². The van der Waals surface area contributed by atoms with Gasteiger partial charge in [-0.2, -0.15) is 0 Å². The van der Waals surface area contributed by atoms with E-state index in [2.05, 4.69) is 17.3 Å². The maximum absolute atomic E-state index is 12.9. The highest BCUT2D eigenvalue weighted by atomic mass is 16.6. The number of carbonyl (C=O) groups is 4. The summed E-state index contributed by atoms with van der Waals surface area (Å²) in [5, 5.41) is 2.34. The summed E-state index contributed by atoms with van der Waals surface area (Å²) in [5.41, 5.74) is 2.16. The Hall–Kier alpha value is -2.94. The molecule has 0 saturated carbocycles. The summed E-state index contributed by atoms with van der Waals surface area (Å²) in [7, 11) is 2.09. The van der Waals surface area contributed by atoms with E-state index in [4.69, 9.17) is 4.74 Å². The van der Waals surface area contributed by atoms with Crippen LogP contribution in [0.25, 0.3) is 0 Å². The second-order valence-corrected chi connectivity index (χ2v) is 10.5. The largest absolute Gasteiger partial charge is 0.444 e. The van der Waals surface area contributed by atoms with Crippen molar-refractivity contribution in [3.05, 3.63) is 34.9 Å². The summed E-state index contributed by atoms with van der Waals surface area (Å²) in [5.74, 6) is -0.832. The number of ether oxygens (including phenoxy) is 1. The number of carbonyl (C=O) groups excluding carboxylic acids is 4. The van der Waals surface area contributed by atoms with Crippen LogP contribution in [0.2, 0.25) is 0 Å². The van der Waals surface area contributed by atoms with Gasteiger partial charge in [0.15, 0.2) is 0 Å². The van der Waals surface area contributed by atoms with Crippen molar-refractivity contribution in [1.29, 1.82) is 0 Å². The molecule has 0 aromatic heterocycles. The van der Waals surface area contributed by atoms with Gasteiger partial charge in [0, 0.05) is 44.2 Å². The number of benzene rings is 1. The smallest absolute Gasteiger partial charge is 0.410 e. The van der Waals surface area contributed by atoms with Crippen molar-refractivity contribution in [1.82, 2.24) is 20.0 Å². The van der Waals surface area contributed by atoms with Crippen LogP contribution in [0.15, 0.2) is 18.2 Å². The molecule has 2 fully saturated rings. The third-order valence-electron chi connectivity index (χ3n) is 6.76. The van der Waals surface area contributed by atoms with Crippen molar-refractivity contribution in [3.63, 3.8) is 0 Å². The molecule has 0 spiro atoms. The molecule has 1 atom stereocenters. The highest BCUT2D eigenvalue weighted by Gasteiger charge is 2.39. The molecule has 9 nitrogen and oxygen atoms in total. The van der Waals surface area contributed by atoms with Gasteiger partial charge in [-0.3, -0.25) is 24.6 Å². The Balaban J connectivity index is 1.33. The molecule has 4 rings (SSSR count). The Bertz CT molecular complexity index is 994. The minimum absolute atomic E-state index is 0.154. The topological polar surface area (TPSA) is 99.3 Å². The molecule has 1 aromatic rings. The zero-order valence-corrected chi connectivity index (χ0v) is 20.4. The molecule has 0 bridgehead atoms. The lowest BCUT2D eigenvalue weighted by molar-refractivity contribution is -0.136. The van der Waals surface area contributed by atoms with Crippen LogP contribution in [0.3, 0.4) is 0 Å². The van der Waals surface area contributed by atoms with Gasteiger partial charge < -0.3 is 14.5 Å². The van der Waals surface area contributed by atoms with E-state index in [1.807, 2.05) is 39.0 Å². The molecule has 1 N–H and O–H groups in total. The van der Waals surface area contributed by atoms with Gasteiger partial charge in [-0.1, -0.05) is 12.1 Å². The van der Waals surface area contributed by atoms with Crippen LogP contribution in [-0.2, 0) is 27.4 Å². The fourth-order valence-electron chi connectivity index (χ4n) is 4.96. The Morgan fingerprint density at radius 3 is 2.50 bits per heavy atom. The number of amides is 4. The van der Waals surface area contributed by atoms with Gasteiger partial charge in [0.1, 0.15) is 11.6 Å². The predicted molar refractivity (Wildman–Crippen MR) is 125 cm³/mol. The lowest BCUT2D eigenvalue weighted by Gasteiger charge is -2.37. The van der Waals surface area contributed by atoms with Crippen LogP contribution in [0.4, 0.5) is 4.79 Å². The molecule has 1 aromatic carbocycles. The standard InChI is InChI=1S/C25H34N4O5/c1-25(2,3)34-24(33)28-11-9-18(10-12-28)27(4)14-16-5-6-19-17(13-16)15-29(23(19)32)20-7-8-21(30)26-22(20)31/h5-6,13,18,20H,7-12,14-15H2,1-4H3,(H,26,30,31). The zero-order chi connectivity index (χ0) is 24.6. The number of fused-ring (bicyclic) bond motifs is 1. The van der Waals surface area contributed by atoms with Crippen LogP contribution < -0.4 is 5.32 Å². The van der Waals surface area contributed by atoms with E-state index in [9.17, 15) is 19.2 Å². The molecule has 0 radical (unpaired) electrons. The van der Waals surface area contributed by atoms with Crippen LogP contribution >= 0.6 is 0 Å². The van der Waals surface area contributed by atoms with Crippen molar-refractivity contribution in [2.75, 3.05) is 20.1 Å². The van der Waals surface area contributed by atoms with Crippen molar-refractivity contribution >= 4 is 23.8 Å². The molecule has 34 heavy (non-hydrogen) atoms. The summed E-state index contributed by atoms with van der Waals surface area (Å²) >= 11 is 0. The van der Waals surface area contributed by atoms with E-state index < -0.39 is 17.6 Å². The highest BCUT2D eigenvalue weighted by molar-refractivity contribution is 6.05. The highest BCUT2D eigenvalue weighted by Crippen LogP contribution is 2.29. The molecule has 3 aliphatic heterocycles. The Morgan fingerprint density at radius 2 is 1.85 bits per heavy atom. The van der Waals surface area contributed by atoms with Crippen LogP contribution in [0.5, 0.6) is 0 Å². The first-order valence-corrected chi connectivity index (χ1v) is 12.0. The van der Waals surface area contributed by atoms with Crippen LogP contribution in [-0.4, -0.2) is 76.3 Å². The molecule has 1 unspecified atom stereocenters. The van der Waals surface area contributed by atoms with E-state index in [0.717, 1.165) is 30.5 Å². The van der Waals surface area contributed by atoms with E-state index in [1.54, 1.807) is 9.80 Å². The average molecular weight is 471 g/mol. The van der Waals surface area contributed by atoms with E-state index >= 15 is 0 Å². The maximum Gasteiger partial charge on any atom is 0.410 e. The van der Waals surface area contributed by atoms with Gasteiger partial charge in [-0.15, -0.1) is 0 Å². The van der Waals surface area contributed by atoms with Gasteiger partial charge in [-0.05, 0) is 64.3 Å². The SMILES string of the molecule is CN(Cc1ccc2c(c1)CN(C1CCC(=O)NC1=O)C2=O)C1CCN(C(=O)OC(C)(C)C)CC1. The number of rotatable bonds is 4. The van der Waals surface area contributed by atoms with E-state index in [1.165, 1.54) is 0 Å². The fraction of sp³-hybridized carbons (Fsp3) is 0.600. The summed E-state index contributed by atoms with van der Waals surface area (Å²) in [6.45, 7) is 8.08. The summed E-state index contributed by atoms with van der Waals surface area (Å²) in [6.07, 6.45) is 2.11. The molecule has 3 heterocycles. The molecule has 2 saturated heterocycles. The van der Waals surface area contributed by atoms with Gasteiger partial charge in [-0.25, -0.2) is 4.79 Å². The van der Waals surface area contributed by atoms with Crippen LogP contribution in [0.1, 0.15) is 67.9 Å². The fourth-order valence-corrected chi connectivity index (χ4v) is 4.96. The number of nitrogens with one attached hydrogen (secondary N) is 1. The van der Waals surface area contributed by atoms with Crippen LogP contribution in [0, 0.1) is 0 Å². The van der Waals surface area contributed by atoms with E-state index in [0.29, 0.717) is 37.7 Å². The van der Waals surface area contributed by atoms with Gasteiger partial charge >= 0.3 is 6.09 Å². The first-order valence-electron chi connectivity index (χ1n) is 12.0. The third-order valence-corrected chi connectivity index (χ3v) is 6.76. The Labute approximate surface area is 200 Å². The zero-order valence-electron chi connectivity index (χ0n) is 20.4. The van der Waals surface area contributed by atoms with Crippen molar-refractivity contribution in [2.45, 2.75) is 77.2 Å². The molecule has 9 heteroatoms. The summed E-state index contributed by atoms with van der Waals surface area (Å²) < 4.78 is 5.48. The summed E-state index contributed by atoms with van der Waals surface area (Å²) in [6, 6.07) is 5.62. The molecule has 184 valence electrons. The minimum atomic E-state index is -0.598. The van der Waals surface area contributed by atoms with E-state index in [-0.39, 0.29) is 24.3 Å². The molecule has 0 aliphatic carbocycles. The van der Waals surface area contributed by atoms with Gasteiger partial charge in [0.2, 0.25) is 11.8 Å². The molecule has 4 amide bonds. The normalized spacial score (nSPS) is 21.7. The number of piperidine rings is 2. The molecular formula is C25H34N4O5. The Morgan fingerprint density at radius 1 is 1.15 bits per heavy atom. The first-order chi connectivity index (χ1) is 16.0. The van der Waals surface area contributed by atoms with Gasteiger partial charge in [0.05, 0.1) is 0 Å². The number of imide groups is 1. The second kappa shape index (κ2) is 9.37. The average Bonchev–Trinajstić information content (AvgIpc) is 3.08. The minimum Gasteiger partial charge on any atom is -0.444 e. The Kier molecular flexibility index (Phi) is 6.66. The molecule has 3 aliphatic rings. The number of likely N-dealkylation sites (tertiary alicyclic amines) is 1. The van der Waals surface area contributed by atoms with Crippen molar-refractivity contribution in [3.8, 4) is 0 Å². The van der Waals surface area contributed by atoms with Crippen molar-refractivity contribution < 1.29 is 23.9 Å². The lowest BCUT2D eigenvalue weighted by Crippen LogP contribution is -2.52. The number of hydrogen-bond donors (Lipinski definition) is 1. The quantitative estimate of drug-likeness (QED) is 0.678. The lowest BCUT2D eigenvalue weighted by atomic mass is 10.0. The van der Waals surface area contributed by atoms with Crippen molar-refractivity contribution in [2.24, 2.45) is 0 Å². The monoisotopic (exact) mass is 470 g/mol. The third kappa shape index (κ3) is 5.24. The number of nitrogens with zero attached hydrogens (tertiary/aromatic N) is 3. The maximum atomic E-state index is 12.9. The first kappa shape index (κ1) is 24.2. The second-order valence-electron chi connectivity index (χ2n) is 10.5. The number of hydrogen-bond acceptors (Lipinski definition) is 6. The molecular weight excluding hydrogens is 436 g/mol.